The van der Waals surface area contributed by atoms with Crippen LogP contribution in [0.2, 0.25) is 0 Å². The van der Waals surface area contributed by atoms with Crippen molar-refractivity contribution in [2.24, 2.45) is 5.73 Å². The average molecular weight is 277 g/mol. The molecule has 5 nitrogen and oxygen atoms in total. The first kappa shape index (κ1) is 13.2. The fourth-order valence-corrected chi connectivity index (χ4v) is 2.38. The Hall–Kier alpha value is -1.79. The number of aromatic nitrogens is 2. The van der Waals surface area contributed by atoms with Gasteiger partial charge in [0, 0.05) is 18.2 Å². The van der Waals surface area contributed by atoms with Crippen molar-refractivity contribution in [2.75, 3.05) is 13.2 Å². The number of nitrogens with two attached hydrogens (primary N) is 1. The number of hydrogen-bond acceptors (Lipinski definition) is 5. The second-order valence-electron chi connectivity index (χ2n) is 5.05. The molecule has 2 aromatic rings. The lowest BCUT2D eigenvalue weighted by atomic mass is 9.97. The fourth-order valence-electron chi connectivity index (χ4n) is 2.38. The summed E-state index contributed by atoms with van der Waals surface area (Å²) in [7, 11) is 0. The van der Waals surface area contributed by atoms with Crippen LogP contribution < -0.4 is 5.73 Å². The molecule has 0 spiro atoms. The van der Waals surface area contributed by atoms with E-state index in [1.807, 2.05) is 6.92 Å². The topological polar surface area (TPSA) is 74.2 Å². The van der Waals surface area contributed by atoms with Crippen molar-refractivity contribution >= 4 is 0 Å². The lowest BCUT2D eigenvalue weighted by Gasteiger charge is -2.25. The summed E-state index contributed by atoms with van der Waals surface area (Å²) in [6, 6.07) is 4.44. The Morgan fingerprint density at radius 2 is 2.25 bits per heavy atom. The first-order chi connectivity index (χ1) is 9.65. The van der Waals surface area contributed by atoms with Crippen molar-refractivity contribution in [3.63, 3.8) is 0 Å². The van der Waals surface area contributed by atoms with Crippen molar-refractivity contribution in [1.29, 1.82) is 0 Å². The van der Waals surface area contributed by atoms with Gasteiger partial charge in [-0.2, -0.15) is 4.98 Å². The molecule has 2 unspecified atom stereocenters. The second kappa shape index (κ2) is 5.30. The third-order valence-corrected chi connectivity index (χ3v) is 3.60. The van der Waals surface area contributed by atoms with E-state index in [2.05, 4.69) is 10.1 Å². The summed E-state index contributed by atoms with van der Waals surface area (Å²) in [5.74, 6) is 0.578. The highest BCUT2D eigenvalue weighted by molar-refractivity contribution is 5.59. The molecule has 0 bridgehead atoms. The molecule has 1 fully saturated rings. The van der Waals surface area contributed by atoms with Crippen molar-refractivity contribution in [2.45, 2.75) is 25.3 Å². The van der Waals surface area contributed by atoms with Crippen molar-refractivity contribution in [3.05, 3.63) is 35.5 Å². The van der Waals surface area contributed by atoms with Gasteiger partial charge in [-0.25, -0.2) is 4.39 Å². The summed E-state index contributed by atoms with van der Waals surface area (Å²) < 4.78 is 23.8. The molecule has 1 aromatic carbocycles. The minimum atomic E-state index is -0.280. The predicted octanol–water partition coefficient (Wildman–Crippen LogP) is 2.02. The molecule has 0 aliphatic carbocycles. The van der Waals surface area contributed by atoms with Gasteiger partial charge >= 0.3 is 0 Å². The Morgan fingerprint density at radius 3 is 3.00 bits per heavy atom. The molecular weight excluding hydrogens is 261 g/mol. The smallest absolute Gasteiger partial charge is 0.233 e. The third kappa shape index (κ3) is 2.44. The number of halogens is 1. The molecule has 20 heavy (non-hydrogen) atoms. The van der Waals surface area contributed by atoms with Crippen LogP contribution in [0.3, 0.4) is 0 Å². The van der Waals surface area contributed by atoms with Gasteiger partial charge in [-0.3, -0.25) is 0 Å². The molecule has 1 aliphatic heterocycles. The average Bonchev–Trinajstić information content (AvgIpc) is 2.88. The zero-order chi connectivity index (χ0) is 14.1. The number of rotatable bonds is 2. The maximum Gasteiger partial charge on any atom is 0.233 e. The highest BCUT2D eigenvalue weighted by Gasteiger charge is 2.29. The zero-order valence-corrected chi connectivity index (χ0v) is 11.2. The highest BCUT2D eigenvalue weighted by Crippen LogP contribution is 2.27. The van der Waals surface area contributed by atoms with E-state index >= 15 is 0 Å². The van der Waals surface area contributed by atoms with E-state index < -0.39 is 0 Å². The molecule has 3 rings (SSSR count). The molecule has 0 amide bonds. The van der Waals surface area contributed by atoms with Gasteiger partial charge in [0.05, 0.1) is 12.5 Å². The Kier molecular flexibility index (Phi) is 3.50. The number of ether oxygens (including phenoxy) is 1. The standard InChI is InChI=1S/C14H16FN3O2/c1-8-6-9(15)2-3-10(8)13-17-14(20-18-13)11-7-19-5-4-12(11)16/h2-3,6,11-12H,4-5,7,16H2,1H3. The summed E-state index contributed by atoms with van der Waals surface area (Å²) in [4.78, 5) is 4.38. The molecule has 106 valence electrons. The Labute approximate surface area is 115 Å². The number of hydrogen-bond donors (Lipinski definition) is 1. The fraction of sp³-hybridized carbons (Fsp3) is 0.429. The van der Waals surface area contributed by atoms with Crippen LogP contribution in [0.5, 0.6) is 0 Å². The summed E-state index contributed by atoms with van der Waals surface area (Å²) in [5.41, 5.74) is 7.57. The Balaban J connectivity index is 1.89. The molecular formula is C14H16FN3O2. The maximum absolute atomic E-state index is 13.1. The van der Waals surface area contributed by atoms with Gasteiger partial charge in [0.25, 0.3) is 0 Å². The van der Waals surface area contributed by atoms with Crippen LogP contribution in [0.1, 0.15) is 23.8 Å². The van der Waals surface area contributed by atoms with Crippen LogP contribution in [-0.4, -0.2) is 29.4 Å². The molecule has 6 heteroatoms. The Bertz CT molecular complexity index is 614. The Morgan fingerprint density at radius 1 is 1.40 bits per heavy atom. The van der Waals surface area contributed by atoms with Crippen LogP contribution in [0.4, 0.5) is 4.39 Å². The number of nitrogens with zero attached hydrogens (tertiary/aromatic N) is 2. The largest absolute Gasteiger partial charge is 0.381 e. The van der Waals surface area contributed by atoms with Crippen LogP contribution in [0, 0.1) is 12.7 Å². The van der Waals surface area contributed by atoms with Gasteiger partial charge in [0.2, 0.25) is 11.7 Å². The summed E-state index contributed by atoms with van der Waals surface area (Å²) in [6.45, 7) is 2.96. The molecule has 1 aliphatic rings. The van der Waals surface area contributed by atoms with Crippen LogP contribution in [-0.2, 0) is 4.74 Å². The van der Waals surface area contributed by atoms with Crippen molar-refractivity contribution in [1.82, 2.24) is 10.1 Å². The van der Waals surface area contributed by atoms with Crippen LogP contribution >= 0.6 is 0 Å². The van der Waals surface area contributed by atoms with E-state index in [9.17, 15) is 4.39 Å². The maximum atomic E-state index is 13.1. The van der Waals surface area contributed by atoms with E-state index in [0.717, 1.165) is 17.5 Å². The van der Waals surface area contributed by atoms with Crippen molar-refractivity contribution in [3.8, 4) is 11.4 Å². The van der Waals surface area contributed by atoms with Crippen molar-refractivity contribution < 1.29 is 13.7 Å². The SMILES string of the molecule is Cc1cc(F)ccc1-c1noc(C2COCCC2N)n1. The van der Waals surface area contributed by atoms with Gasteiger partial charge in [0.1, 0.15) is 5.82 Å². The van der Waals surface area contributed by atoms with E-state index in [4.69, 9.17) is 15.0 Å². The van der Waals surface area contributed by atoms with E-state index in [1.165, 1.54) is 12.1 Å². The normalized spacial score (nSPS) is 22.9. The van der Waals surface area contributed by atoms with Gasteiger partial charge in [-0.05, 0) is 37.1 Å². The molecule has 2 atom stereocenters. The van der Waals surface area contributed by atoms with E-state index in [0.29, 0.717) is 24.9 Å². The summed E-state index contributed by atoms with van der Waals surface area (Å²) in [5, 5.41) is 3.97. The van der Waals surface area contributed by atoms with Crippen LogP contribution in [0.15, 0.2) is 22.7 Å². The second-order valence-corrected chi connectivity index (χ2v) is 5.05. The van der Waals surface area contributed by atoms with Gasteiger partial charge in [-0.1, -0.05) is 5.16 Å². The monoisotopic (exact) mass is 277 g/mol. The summed E-state index contributed by atoms with van der Waals surface area (Å²) >= 11 is 0. The lowest BCUT2D eigenvalue weighted by molar-refractivity contribution is 0.0590. The quantitative estimate of drug-likeness (QED) is 0.909. The van der Waals surface area contributed by atoms with Crippen LogP contribution in [0.25, 0.3) is 11.4 Å². The number of aryl methyl sites for hydroxylation is 1. The molecule has 2 heterocycles. The zero-order valence-electron chi connectivity index (χ0n) is 11.2. The lowest BCUT2D eigenvalue weighted by Crippen LogP contribution is -2.37. The molecule has 0 saturated carbocycles. The molecule has 0 radical (unpaired) electrons. The van der Waals surface area contributed by atoms with Gasteiger partial charge in [-0.15, -0.1) is 0 Å². The third-order valence-electron chi connectivity index (χ3n) is 3.60. The minimum absolute atomic E-state index is 0.0358. The first-order valence-corrected chi connectivity index (χ1v) is 6.58. The van der Waals surface area contributed by atoms with Gasteiger partial charge in [0.15, 0.2) is 0 Å². The van der Waals surface area contributed by atoms with E-state index in [-0.39, 0.29) is 17.8 Å². The molecule has 1 saturated heterocycles. The molecule has 2 N–H and O–H groups in total. The molecule has 1 aromatic heterocycles. The van der Waals surface area contributed by atoms with E-state index in [1.54, 1.807) is 6.07 Å². The first-order valence-electron chi connectivity index (χ1n) is 6.58. The predicted molar refractivity (Wildman–Crippen MR) is 70.6 cm³/mol. The minimum Gasteiger partial charge on any atom is -0.381 e. The van der Waals surface area contributed by atoms with Gasteiger partial charge < -0.3 is 15.0 Å². The highest BCUT2D eigenvalue weighted by atomic mass is 19.1. The summed E-state index contributed by atoms with van der Waals surface area (Å²) in [6.07, 6.45) is 0.776. The number of benzene rings is 1.